The van der Waals surface area contributed by atoms with Gasteiger partial charge in [-0.25, -0.2) is 13.4 Å². The number of hydrogen-bond donors (Lipinski definition) is 0. The normalized spacial score (nSPS) is 11.9. The molecule has 8 heteroatoms. The van der Waals surface area contributed by atoms with Crippen molar-refractivity contribution in [2.45, 2.75) is 18.8 Å². The number of halogens is 1. The minimum absolute atomic E-state index is 0.123. The van der Waals surface area contributed by atoms with Crippen molar-refractivity contribution in [1.29, 1.82) is 0 Å². The molecule has 0 atom stereocenters. The smallest absolute Gasteiger partial charge is 0.215 e. The van der Waals surface area contributed by atoms with Crippen LogP contribution in [0.25, 0.3) is 11.2 Å². The summed E-state index contributed by atoms with van der Waals surface area (Å²) in [5.74, 6) is 1.54. The summed E-state index contributed by atoms with van der Waals surface area (Å²) in [5, 5.41) is 0. The SMILES string of the molecule is COc1ccc2nc(CCl)n(CCCS(C)(=O)=O)c2n1. The summed E-state index contributed by atoms with van der Waals surface area (Å²) in [6.07, 6.45) is 1.72. The molecule has 0 aliphatic carbocycles. The summed E-state index contributed by atoms with van der Waals surface area (Å²) in [5.41, 5.74) is 1.38. The van der Waals surface area contributed by atoms with Gasteiger partial charge in [0, 0.05) is 18.9 Å². The number of hydrogen-bond acceptors (Lipinski definition) is 5. The van der Waals surface area contributed by atoms with Crippen molar-refractivity contribution in [2.24, 2.45) is 0 Å². The van der Waals surface area contributed by atoms with Gasteiger partial charge in [0.25, 0.3) is 0 Å². The number of fused-ring (bicyclic) bond motifs is 1. The van der Waals surface area contributed by atoms with E-state index in [0.717, 1.165) is 5.52 Å². The second kappa shape index (κ2) is 5.97. The number of rotatable bonds is 6. The lowest BCUT2D eigenvalue weighted by atomic mass is 10.4. The van der Waals surface area contributed by atoms with E-state index in [0.29, 0.717) is 30.3 Å². The molecule has 2 aromatic heterocycles. The highest BCUT2D eigenvalue weighted by Gasteiger charge is 2.13. The van der Waals surface area contributed by atoms with Gasteiger partial charge in [0.15, 0.2) is 5.65 Å². The number of alkyl halides is 1. The summed E-state index contributed by atoms with van der Waals surface area (Å²) >= 11 is 5.89. The van der Waals surface area contributed by atoms with Gasteiger partial charge >= 0.3 is 0 Å². The van der Waals surface area contributed by atoms with Gasteiger partial charge in [-0.1, -0.05) is 0 Å². The first-order chi connectivity index (χ1) is 9.44. The molecular formula is C12H16ClN3O3S. The van der Waals surface area contributed by atoms with E-state index >= 15 is 0 Å². The van der Waals surface area contributed by atoms with Crippen molar-refractivity contribution >= 4 is 32.6 Å². The van der Waals surface area contributed by atoms with Crippen molar-refractivity contribution < 1.29 is 13.2 Å². The van der Waals surface area contributed by atoms with Crippen molar-refractivity contribution in [3.05, 3.63) is 18.0 Å². The number of aromatic nitrogens is 3. The van der Waals surface area contributed by atoms with Gasteiger partial charge in [-0.05, 0) is 12.5 Å². The first-order valence-corrected chi connectivity index (χ1v) is 8.68. The zero-order valence-electron chi connectivity index (χ0n) is 11.3. The summed E-state index contributed by atoms with van der Waals surface area (Å²) in [7, 11) is -1.43. The molecule has 0 aliphatic heterocycles. The molecule has 0 saturated carbocycles. The first kappa shape index (κ1) is 15.1. The monoisotopic (exact) mass is 317 g/mol. The van der Waals surface area contributed by atoms with Crippen molar-refractivity contribution in [2.75, 3.05) is 19.1 Å². The fourth-order valence-electron chi connectivity index (χ4n) is 1.97. The lowest BCUT2D eigenvalue weighted by Crippen LogP contribution is -2.09. The lowest BCUT2D eigenvalue weighted by Gasteiger charge is -2.07. The van der Waals surface area contributed by atoms with Gasteiger partial charge < -0.3 is 9.30 Å². The molecule has 0 saturated heterocycles. The highest BCUT2D eigenvalue weighted by molar-refractivity contribution is 7.90. The number of imidazole rings is 1. The number of sulfone groups is 1. The number of ether oxygens (including phenoxy) is 1. The van der Waals surface area contributed by atoms with E-state index in [1.807, 2.05) is 10.6 Å². The molecule has 0 radical (unpaired) electrons. The molecular weight excluding hydrogens is 302 g/mol. The van der Waals surface area contributed by atoms with Crippen molar-refractivity contribution in [3.8, 4) is 5.88 Å². The fraction of sp³-hybridized carbons (Fsp3) is 0.500. The summed E-state index contributed by atoms with van der Waals surface area (Å²) in [4.78, 5) is 8.73. The van der Waals surface area contributed by atoms with Crippen LogP contribution in [0.4, 0.5) is 0 Å². The topological polar surface area (TPSA) is 74.1 Å². The molecule has 6 nitrogen and oxygen atoms in total. The Labute approximate surface area is 122 Å². The molecule has 0 N–H and O–H groups in total. The van der Waals surface area contributed by atoms with Gasteiger partial charge in [0.1, 0.15) is 21.2 Å². The molecule has 2 aromatic rings. The zero-order valence-corrected chi connectivity index (χ0v) is 12.9. The van der Waals surface area contributed by atoms with Gasteiger partial charge in [-0.2, -0.15) is 4.98 Å². The molecule has 0 unspecified atom stereocenters. The highest BCUT2D eigenvalue weighted by atomic mass is 35.5. The second-order valence-corrected chi connectivity index (χ2v) is 7.02. The van der Waals surface area contributed by atoms with E-state index in [4.69, 9.17) is 16.3 Å². The van der Waals surface area contributed by atoms with E-state index in [-0.39, 0.29) is 11.6 Å². The molecule has 20 heavy (non-hydrogen) atoms. The van der Waals surface area contributed by atoms with Gasteiger partial charge in [0.05, 0.1) is 18.7 Å². The van der Waals surface area contributed by atoms with Gasteiger partial charge in [-0.3, -0.25) is 0 Å². The van der Waals surface area contributed by atoms with Crippen LogP contribution in [0.5, 0.6) is 5.88 Å². The van der Waals surface area contributed by atoms with Crippen LogP contribution >= 0.6 is 11.6 Å². The van der Waals surface area contributed by atoms with E-state index in [9.17, 15) is 8.42 Å². The summed E-state index contributed by atoms with van der Waals surface area (Å²) in [6.45, 7) is 0.506. The summed E-state index contributed by atoms with van der Waals surface area (Å²) in [6, 6.07) is 3.54. The van der Waals surface area contributed by atoms with Crippen molar-refractivity contribution in [3.63, 3.8) is 0 Å². The third-order valence-corrected chi connectivity index (χ3v) is 4.14. The molecule has 0 amide bonds. The predicted octanol–water partition coefficient (Wildman–Crippen LogP) is 1.61. The van der Waals surface area contributed by atoms with Gasteiger partial charge in [0.2, 0.25) is 5.88 Å². The van der Waals surface area contributed by atoms with E-state index in [2.05, 4.69) is 9.97 Å². The van der Waals surface area contributed by atoms with E-state index in [1.54, 1.807) is 13.2 Å². The maximum atomic E-state index is 11.2. The molecule has 0 aliphatic rings. The standard InChI is InChI=1S/C12H16ClN3O3S/c1-19-11-5-4-9-12(15-11)16(10(8-13)14-9)6-3-7-20(2,17)18/h4-5H,3,6-8H2,1-2H3. The Morgan fingerprint density at radius 1 is 1.35 bits per heavy atom. The number of nitrogens with zero attached hydrogens (tertiary/aromatic N) is 3. The van der Waals surface area contributed by atoms with Gasteiger partial charge in [-0.15, -0.1) is 11.6 Å². The Hall–Kier alpha value is -1.34. The maximum Gasteiger partial charge on any atom is 0.215 e. The van der Waals surface area contributed by atoms with E-state index in [1.165, 1.54) is 6.26 Å². The zero-order chi connectivity index (χ0) is 14.8. The average Bonchev–Trinajstić information content (AvgIpc) is 2.74. The van der Waals surface area contributed by atoms with Crippen LogP contribution in [-0.4, -0.2) is 42.1 Å². The lowest BCUT2D eigenvalue weighted by molar-refractivity contribution is 0.399. The molecule has 110 valence electrons. The van der Waals surface area contributed by atoms with Crippen LogP contribution in [0.15, 0.2) is 12.1 Å². The minimum Gasteiger partial charge on any atom is -0.481 e. The quantitative estimate of drug-likeness (QED) is 0.757. The molecule has 2 heterocycles. The third kappa shape index (κ3) is 3.40. The van der Waals surface area contributed by atoms with Crippen LogP contribution < -0.4 is 4.74 Å². The Bertz CT molecular complexity index is 712. The minimum atomic E-state index is -2.97. The first-order valence-electron chi connectivity index (χ1n) is 6.08. The van der Waals surface area contributed by atoms with E-state index < -0.39 is 9.84 Å². The largest absolute Gasteiger partial charge is 0.481 e. The molecule has 2 rings (SSSR count). The van der Waals surface area contributed by atoms with Crippen LogP contribution in [0.2, 0.25) is 0 Å². The molecule has 0 aromatic carbocycles. The van der Waals surface area contributed by atoms with Crippen LogP contribution in [0.3, 0.4) is 0 Å². The average molecular weight is 318 g/mol. The van der Waals surface area contributed by atoms with Crippen LogP contribution in [0.1, 0.15) is 12.2 Å². The second-order valence-electron chi connectivity index (χ2n) is 4.49. The maximum absolute atomic E-state index is 11.2. The predicted molar refractivity (Wildman–Crippen MR) is 78.0 cm³/mol. The Morgan fingerprint density at radius 3 is 2.70 bits per heavy atom. The molecule has 0 spiro atoms. The number of methoxy groups -OCH3 is 1. The fourth-order valence-corrected chi connectivity index (χ4v) is 2.82. The Kier molecular flexibility index (Phi) is 4.49. The summed E-state index contributed by atoms with van der Waals surface area (Å²) < 4.78 is 29.3. The highest BCUT2D eigenvalue weighted by Crippen LogP contribution is 2.19. The Morgan fingerprint density at radius 2 is 2.10 bits per heavy atom. The third-order valence-electron chi connectivity index (χ3n) is 2.87. The Balaban J connectivity index is 2.33. The van der Waals surface area contributed by atoms with Crippen LogP contribution in [-0.2, 0) is 22.3 Å². The van der Waals surface area contributed by atoms with Crippen LogP contribution in [0, 0.1) is 0 Å². The molecule has 0 fully saturated rings. The number of pyridine rings is 1. The number of aryl methyl sites for hydroxylation is 1. The molecule has 0 bridgehead atoms. The van der Waals surface area contributed by atoms with Crippen molar-refractivity contribution in [1.82, 2.24) is 14.5 Å².